The van der Waals surface area contributed by atoms with Crippen LogP contribution in [0.3, 0.4) is 0 Å². The van der Waals surface area contributed by atoms with Gasteiger partial charge in [0.05, 0.1) is 12.3 Å². The zero-order chi connectivity index (χ0) is 14.6. The second-order valence-electron chi connectivity index (χ2n) is 5.39. The standard InChI is InChI=1S/C16H13NO2S2/c1-16-12-5-3-2-4-10(12)15(19)17(16)8-14-11(6-7-20-14)13(18)9-21-16/h2-7H,8-9H2,1H3. The Balaban J connectivity index is 1.88. The fourth-order valence-electron chi connectivity index (χ4n) is 3.08. The van der Waals surface area contributed by atoms with Crippen LogP contribution in [0.15, 0.2) is 35.7 Å². The first-order chi connectivity index (χ1) is 10.1. The number of amides is 1. The lowest BCUT2D eigenvalue weighted by molar-refractivity contribution is 0.0688. The van der Waals surface area contributed by atoms with Crippen molar-refractivity contribution in [3.8, 4) is 0 Å². The molecule has 21 heavy (non-hydrogen) atoms. The van der Waals surface area contributed by atoms with E-state index in [9.17, 15) is 9.59 Å². The molecular formula is C16H13NO2S2. The summed E-state index contributed by atoms with van der Waals surface area (Å²) in [6.45, 7) is 2.56. The molecule has 2 aliphatic heterocycles. The first-order valence-corrected chi connectivity index (χ1v) is 8.63. The van der Waals surface area contributed by atoms with Gasteiger partial charge in [-0.1, -0.05) is 18.2 Å². The molecule has 1 unspecified atom stereocenters. The minimum atomic E-state index is -0.453. The lowest BCUT2D eigenvalue weighted by atomic mass is 10.1. The Labute approximate surface area is 131 Å². The lowest BCUT2D eigenvalue weighted by Gasteiger charge is -2.36. The largest absolute Gasteiger partial charge is 0.315 e. The van der Waals surface area contributed by atoms with Crippen LogP contribution in [-0.4, -0.2) is 22.3 Å². The van der Waals surface area contributed by atoms with Crippen LogP contribution in [0.25, 0.3) is 0 Å². The molecule has 3 heterocycles. The Morgan fingerprint density at radius 1 is 1.14 bits per heavy atom. The quantitative estimate of drug-likeness (QED) is 0.746. The number of thiophene rings is 1. The number of hydrogen-bond donors (Lipinski definition) is 0. The molecule has 0 radical (unpaired) electrons. The van der Waals surface area contributed by atoms with Crippen molar-refractivity contribution in [1.82, 2.24) is 4.90 Å². The average Bonchev–Trinajstić information content (AvgIpc) is 3.03. The molecule has 1 aromatic heterocycles. The topological polar surface area (TPSA) is 37.4 Å². The third-order valence-corrected chi connectivity index (χ3v) is 6.56. The van der Waals surface area contributed by atoms with Gasteiger partial charge in [-0.2, -0.15) is 0 Å². The van der Waals surface area contributed by atoms with E-state index in [4.69, 9.17) is 0 Å². The van der Waals surface area contributed by atoms with Crippen LogP contribution >= 0.6 is 23.1 Å². The molecule has 0 saturated heterocycles. The molecule has 0 spiro atoms. The van der Waals surface area contributed by atoms with Gasteiger partial charge >= 0.3 is 0 Å². The highest BCUT2D eigenvalue weighted by atomic mass is 32.2. The van der Waals surface area contributed by atoms with Crippen molar-refractivity contribution in [3.05, 3.63) is 57.3 Å². The number of rotatable bonds is 0. The van der Waals surface area contributed by atoms with Crippen molar-refractivity contribution < 1.29 is 9.59 Å². The summed E-state index contributed by atoms with van der Waals surface area (Å²) >= 11 is 3.11. The van der Waals surface area contributed by atoms with Crippen molar-refractivity contribution in [1.29, 1.82) is 0 Å². The Morgan fingerprint density at radius 3 is 2.81 bits per heavy atom. The molecule has 2 aromatic rings. The summed E-state index contributed by atoms with van der Waals surface area (Å²) in [6.07, 6.45) is 0. The molecule has 0 bridgehead atoms. The predicted molar refractivity (Wildman–Crippen MR) is 84.8 cm³/mol. The molecular weight excluding hydrogens is 302 g/mol. The Bertz CT molecular complexity index is 767. The van der Waals surface area contributed by atoms with Crippen molar-refractivity contribution >= 4 is 34.8 Å². The number of ketones is 1. The smallest absolute Gasteiger partial charge is 0.255 e. The maximum atomic E-state index is 12.7. The predicted octanol–water partition coefficient (Wildman–Crippen LogP) is 3.51. The minimum Gasteiger partial charge on any atom is -0.315 e. The lowest BCUT2D eigenvalue weighted by Crippen LogP contribution is -2.40. The zero-order valence-electron chi connectivity index (χ0n) is 11.5. The molecule has 1 amide bonds. The van der Waals surface area contributed by atoms with Gasteiger partial charge in [0, 0.05) is 21.6 Å². The first kappa shape index (κ1) is 13.1. The van der Waals surface area contributed by atoms with E-state index in [1.807, 2.05) is 47.5 Å². The number of hydrogen-bond acceptors (Lipinski definition) is 4. The van der Waals surface area contributed by atoms with Crippen LogP contribution in [0.4, 0.5) is 0 Å². The maximum absolute atomic E-state index is 12.7. The molecule has 2 aliphatic rings. The minimum absolute atomic E-state index is 0.0642. The normalized spacial score (nSPS) is 24.1. The fraction of sp³-hybridized carbons (Fsp3) is 0.250. The van der Waals surface area contributed by atoms with E-state index in [1.54, 1.807) is 23.1 Å². The van der Waals surface area contributed by atoms with Gasteiger partial charge in [0.1, 0.15) is 4.87 Å². The van der Waals surface area contributed by atoms with Gasteiger partial charge < -0.3 is 4.90 Å². The van der Waals surface area contributed by atoms with Crippen LogP contribution in [0.1, 0.15) is 38.1 Å². The number of thioether (sulfide) groups is 1. The average molecular weight is 315 g/mol. The molecule has 0 aliphatic carbocycles. The summed E-state index contributed by atoms with van der Waals surface area (Å²) < 4.78 is 0. The number of fused-ring (bicyclic) bond motifs is 4. The summed E-state index contributed by atoms with van der Waals surface area (Å²) in [5.41, 5.74) is 2.56. The molecule has 0 N–H and O–H groups in total. The number of benzene rings is 1. The number of Topliss-reactive ketones (excluding diaryl/α,β-unsaturated/α-hetero) is 1. The van der Waals surface area contributed by atoms with Crippen LogP contribution in [0, 0.1) is 0 Å². The molecule has 3 nitrogen and oxygen atoms in total. The van der Waals surface area contributed by atoms with Crippen molar-refractivity contribution in [2.24, 2.45) is 0 Å². The van der Waals surface area contributed by atoms with E-state index in [1.165, 1.54) is 0 Å². The zero-order valence-corrected chi connectivity index (χ0v) is 13.1. The van der Waals surface area contributed by atoms with E-state index in [0.29, 0.717) is 12.3 Å². The summed E-state index contributed by atoms with van der Waals surface area (Å²) in [4.78, 5) is 27.5. The van der Waals surface area contributed by atoms with Gasteiger partial charge in [-0.3, -0.25) is 9.59 Å². The number of carbonyl (C=O) groups excluding carboxylic acids is 2. The highest BCUT2D eigenvalue weighted by Gasteiger charge is 2.48. The third-order valence-electron chi connectivity index (χ3n) is 4.25. The third kappa shape index (κ3) is 1.74. The van der Waals surface area contributed by atoms with E-state index in [0.717, 1.165) is 21.6 Å². The highest BCUT2D eigenvalue weighted by Crippen LogP contribution is 2.49. The summed E-state index contributed by atoms with van der Waals surface area (Å²) in [5.74, 6) is 0.626. The molecule has 1 atom stereocenters. The van der Waals surface area contributed by atoms with Gasteiger partial charge in [-0.05, 0) is 24.4 Å². The summed E-state index contributed by atoms with van der Waals surface area (Å²) in [6, 6.07) is 9.61. The van der Waals surface area contributed by atoms with Gasteiger partial charge in [0.15, 0.2) is 5.78 Å². The second-order valence-corrected chi connectivity index (χ2v) is 7.76. The number of nitrogens with zero attached hydrogens (tertiary/aromatic N) is 1. The Hall–Kier alpha value is -1.59. The van der Waals surface area contributed by atoms with Gasteiger partial charge in [0.25, 0.3) is 5.91 Å². The molecule has 0 fully saturated rings. The summed E-state index contributed by atoms with van der Waals surface area (Å²) in [5, 5.41) is 1.93. The molecule has 1 aromatic carbocycles. The Morgan fingerprint density at radius 2 is 1.95 bits per heavy atom. The van der Waals surface area contributed by atoms with Crippen LogP contribution in [0.5, 0.6) is 0 Å². The van der Waals surface area contributed by atoms with E-state index in [-0.39, 0.29) is 11.7 Å². The van der Waals surface area contributed by atoms with Gasteiger partial charge in [0.2, 0.25) is 0 Å². The van der Waals surface area contributed by atoms with E-state index in [2.05, 4.69) is 0 Å². The SMILES string of the molecule is CC12SCC(=O)c3ccsc3CN1C(=O)c1ccccc12. The molecule has 106 valence electrons. The molecule has 4 rings (SSSR count). The van der Waals surface area contributed by atoms with Crippen molar-refractivity contribution in [2.45, 2.75) is 18.3 Å². The second kappa shape index (κ2) is 4.45. The first-order valence-electron chi connectivity index (χ1n) is 6.76. The maximum Gasteiger partial charge on any atom is 0.255 e. The fourth-order valence-corrected chi connectivity index (χ4v) is 5.16. The monoisotopic (exact) mass is 315 g/mol. The van der Waals surface area contributed by atoms with Gasteiger partial charge in [-0.25, -0.2) is 0 Å². The highest BCUT2D eigenvalue weighted by molar-refractivity contribution is 8.00. The summed E-state index contributed by atoms with van der Waals surface area (Å²) in [7, 11) is 0. The van der Waals surface area contributed by atoms with E-state index >= 15 is 0 Å². The van der Waals surface area contributed by atoms with Crippen LogP contribution < -0.4 is 0 Å². The Kier molecular flexibility index (Phi) is 2.78. The van der Waals surface area contributed by atoms with Crippen LogP contribution in [-0.2, 0) is 11.4 Å². The van der Waals surface area contributed by atoms with Crippen molar-refractivity contribution in [2.75, 3.05) is 5.75 Å². The number of carbonyl (C=O) groups is 2. The van der Waals surface area contributed by atoms with Gasteiger partial charge in [-0.15, -0.1) is 23.1 Å². The van der Waals surface area contributed by atoms with Crippen LogP contribution in [0.2, 0.25) is 0 Å². The molecule has 0 saturated carbocycles. The van der Waals surface area contributed by atoms with E-state index < -0.39 is 4.87 Å². The van der Waals surface area contributed by atoms with Crippen molar-refractivity contribution in [3.63, 3.8) is 0 Å². The molecule has 5 heteroatoms.